The SMILES string of the molecule is CC1C(=O)N(c2cc(Cc3n[nH]c(=O)c4ccccc34)ccc2F)C(=O)N1CC(=O)N(C)C. The van der Waals surface area contributed by atoms with Crippen molar-refractivity contribution in [2.45, 2.75) is 19.4 Å². The Morgan fingerprint density at radius 2 is 1.82 bits per heavy atom. The van der Waals surface area contributed by atoms with Crippen LogP contribution < -0.4 is 10.5 Å². The maximum Gasteiger partial charge on any atom is 0.332 e. The Morgan fingerprint density at radius 1 is 1.12 bits per heavy atom. The molecule has 3 aromatic rings. The molecule has 10 heteroatoms. The van der Waals surface area contributed by atoms with Gasteiger partial charge in [-0.3, -0.25) is 14.4 Å². The molecule has 2 heterocycles. The van der Waals surface area contributed by atoms with Crippen molar-refractivity contribution in [2.75, 3.05) is 25.5 Å². The number of amides is 4. The molecule has 4 rings (SSSR count). The predicted octanol–water partition coefficient (Wildman–Crippen LogP) is 1.90. The number of halogens is 1. The molecule has 0 aliphatic carbocycles. The topological polar surface area (TPSA) is 107 Å². The van der Waals surface area contributed by atoms with Crippen molar-refractivity contribution in [1.82, 2.24) is 20.0 Å². The number of urea groups is 1. The number of carbonyl (C=O) groups excluding carboxylic acids is 3. The number of fused-ring (bicyclic) bond motifs is 1. The monoisotopic (exact) mass is 451 g/mol. The van der Waals surface area contributed by atoms with Crippen LogP contribution in [0.5, 0.6) is 0 Å². The van der Waals surface area contributed by atoms with E-state index in [1.54, 1.807) is 38.4 Å². The van der Waals surface area contributed by atoms with Gasteiger partial charge in [0.15, 0.2) is 0 Å². The van der Waals surface area contributed by atoms with Gasteiger partial charge in [0, 0.05) is 25.9 Å². The number of nitrogens with zero attached hydrogens (tertiary/aromatic N) is 4. The number of aromatic nitrogens is 2. The maximum atomic E-state index is 14.8. The first-order valence-corrected chi connectivity index (χ1v) is 10.3. The van der Waals surface area contributed by atoms with E-state index in [9.17, 15) is 23.6 Å². The van der Waals surface area contributed by atoms with Crippen LogP contribution >= 0.6 is 0 Å². The van der Waals surface area contributed by atoms with Gasteiger partial charge in [-0.05, 0) is 30.7 Å². The third kappa shape index (κ3) is 3.95. The minimum absolute atomic E-state index is 0.192. The quantitative estimate of drug-likeness (QED) is 0.597. The average Bonchev–Trinajstić information content (AvgIpc) is 3.00. The molecule has 170 valence electrons. The van der Waals surface area contributed by atoms with E-state index in [2.05, 4.69) is 10.2 Å². The van der Waals surface area contributed by atoms with Gasteiger partial charge in [-0.2, -0.15) is 5.10 Å². The Hall–Kier alpha value is -4.08. The van der Waals surface area contributed by atoms with E-state index in [1.807, 2.05) is 0 Å². The number of imide groups is 1. The number of likely N-dealkylation sites (N-methyl/N-ethyl adjacent to an activating group) is 1. The minimum atomic E-state index is -0.908. The van der Waals surface area contributed by atoms with Crippen molar-refractivity contribution in [1.29, 1.82) is 0 Å². The standard InChI is InChI=1S/C23H22FN5O4/c1-13-22(32)29(23(33)28(13)12-20(30)27(2)3)19-11-14(8-9-17(19)24)10-18-15-6-4-5-7-16(15)21(31)26-25-18/h4-9,11,13H,10,12H2,1-3H3,(H,26,31). The van der Waals surface area contributed by atoms with Gasteiger partial charge >= 0.3 is 6.03 Å². The fourth-order valence-corrected chi connectivity index (χ4v) is 3.76. The molecule has 1 saturated heterocycles. The molecule has 33 heavy (non-hydrogen) atoms. The Balaban J connectivity index is 1.68. The van der Waals surface area contributed by atoms with Crippen molar-refractivity contribution in [3.8, 4) is 0 Å². The largest absolute Gasteiger partial charge is 0.347 e. The predicted molar refractivity (Wildman–Crippen MR) is 119 cm³/mol. The third-order valence-corrected chi connectivity index (χ3v) is 5.68. The number of anilines is 1. The molecule has 2 aromatic carbocycles. The summed E-state index contributed by atoms with van der Waals surface area (Å²) < 4.78 is 14.8. The van der Waals surface area contributed by atoms with Crippen LogP contribution in [0.2, 0.25) is 0 Å². The summed E-state index contributed by atoms with van der Waals surface area (Å²) in [4.78, 5) is 53.1. The third-order valence-electron chi connectivity index (χ3n) is 5.68. The van der Waals surface area contributed by atoms with Crippen molar-refractivity contribution < 1.29 is 18.8 Å². The molecule has 1 aliphatic rings. The zero-order valence-corrected chi connectivity index (χ0v) is 18.3. The second-order valence-corrected chi connectivity index (χ2v) is 8.06. The van der Waals surface area contributed by atoms with Crippen LogP contribution in [0.1, 0.15) is 18.2 Å². The van der Waals surface area contributed by atoms with Gasteiger partial charge in [0.05, 0.1) is 16.8 Å². The first-order chi connectivity index (χ1) is 15.7. The number of benzene rings is 2. The van der Waals surface area contributed by atoms with E-state index in [-0.39, 0.29) is 30.1 Å². The van der Waals surface area contributed by atoms with Crippen LogP contribution in [0.4, 0.5) is 14.9 Å². The zero-order chi connectivity index (χ0) is 23.9. The summed E-state index contributed by atoms with van der Waals surface area (Å²) in [5.74, 6) is -1.71. The van der Waals surface area contributed by atoms with Gasteiger partial charge in [-0.25, -0.2) is 19.2 Å². The van der Waals surface area contributed by atoms with Gasteiger partial charge in [0.25, 0.3) is 11.5 Å². The summed E-state index contributed by atoms with van der Waals surface area (Å²) in [5.41, 5.74) is 0.646. The number of carbonyl (C=O) groups is 3. The van der Waals surface area contributed by atoms with E-state index in [0.717, 1.165) is 9.80 Å². The summed E-state index contributed by atoms with van der Waals surface area (Å²) in [7, 11) is 3.09. The molecular formula is C23H22FN5O4. The first kappa shape index (κ1) is 22.1. The smallest absolute Gasteiger partial charge is 0.332 e. The molecule has 1 unspecified atom stereocenters. The summed E-state index contributed by atoms with van der Waals surface area (Å²) in [6.45, 7) is 1.21. The minimum Gasteiger partial charge on any atom is -0.347 e. The lowest BCUT2D eigenvalue weighted by Gasteiger charge is -2.21. The molecule has 1 N–H and O–H groups in total. The van der Waals surface area contributed by atoms with Crippen LogP contribution in [0, 0.1) is 5.82 Å². The number of aromatic amines is 1. The van der Waals surface area contributed by atoms with Crippen molar-refractivity contribution in [3.05, 3.63) is 69.9 Å². The second-order valence-electron chi connectivity index (χ2n) is 8.06. The molecule has 0 spiro atoms. The Morgan fingerprint density at radius 3 is 2.52 bits per heavy atom. The van der Waals surface area contributed by atoms with Crippen molar-refractivity contribution in [3.63, 3.8) is 0 Å². The molecule has 0 bridgehead atoms. The van der Waals surface area contributed by atoms with Crippen LogP contribution in [-0.4, -0.2) is 64.5 Å². The normalized spacial score (nSPS) is 16.1. The molecule has 1 fully saturated rings. The molecule has 0 radical (unpaired) electrons. The average molecular weight is 451 g/mol. The van der Waals surface area contributed by atoms with Gasteiger partial charge in [-0.15, -0.1) is 0 Å². The molecule has 0 saturated carbocycles. The van der Waals surface area contributed by atoms with Gasteiger partial charge in [0.2, 0.25) is 5.91 Å². The second kappa shape index (κ2) is 8.45. The highest BCUT2D eigenvalue weighted by molar-refractivity contribution is 6.21. The fourth-order valence-electron chi connectivity index (χ4n) is 3.76. The van der Waals surface area contributed by atoms with Crippen molar-refractivity contribution >= 4 is 34.3 Å². The summed E-state index contributed by atoms with van der Waals surface area (Å²) >= 11 is 0. The molecule has 4 amide bonds. The van der Waals surface area contributed by atoms with Gasteiger partial charge in [0.1, 0.15) is 18.4 Å². The van der Waals surface area contributed by atoms with Crippen molar-refractivity contribution in [2.24, 2.45) is 0 Å². The summed E-state index contributed by atoms with van der Waals surface area (Å²) in [6.07, 6.45) is 0.235. The van der Waals surface area contributed by atoms with Crippen LogP contribution in [0.15, 0.2) is 47.3 Å². The number of hydrogen-bond acceptors (Lipinski definition) is 5. The van der Waals surface area contributed by atoms with Crippen LogP contribution in [-0.2, 0) is 16.0 Å². The number of nitrogens with one attached hydrogen (secondary N) is 1. The number of H-pyrrole nitrogens is 1. The number of hydrogen-bond donors (Lipinski definition) is 1. The van der Waals surface area contributed by atoms with E-state index >= 15 is 0 Å². The highest BCUT2D eigenvalue weighted by Gasteiger charge is 2.45. The maximum absolute atomic E-state index is 14.8. The van der Waals surface area contributed by atoms with Crippen LogP contribution in [0.25, 0.3) is 10.8 Å². The Kier molecular flexibility index (Phi) is 5.67. The lowest BCUT2D eigenvalue weighted by molar-refractivity contribution is -0.129. The molecule has 1 aromatic heterocycles. The summed E-state index contributed by atoms with van der Waals surface area (Å²) in [5, 5.41) is 7.71. The van der Waals surface area contributed by atoms with E-state index in [1.165, 1.54) is 30.0 Å². The first-order valence-electron chi connectivity index (χ1n) is 10.3. The lowest BCUT2D eigenvalue weighted by atomic mass is 10.0. The zero-order valence-electron chi connectivity index (χ0n) is 18.3. The Bertz CT molecular complexity index is 1340. The molecular weight excluding hydrogens is 429 g/mol. The van der Waals surface area contributed by atoms with E-state index in [0.29, 0.717) is 22.0 Å². The number of rotatable bonds is 5. The summed E-state index contributed by atoms with van der Waals surface area (Å²) in [6, 6.07) is 9.44. The Labute approximate surface area is 188 Å². The van der Waals surface area contributed by atoms with E-state index in [4.69, 9.17) is 0 Å². The molecule has 1 aliphatic heterocycles. The highest BCUT2D eigenvalue weighted by atomic mass is 19.1. The van der Waals surface area contributed by atoms with Crippen LogP contribution in [0.3, 0.4) is 0 Å². The van der Waals surface area contributed by atoms with Gasteiger partial charge in [-0.1, -0.05) is 24.3 Å². The van der Waals surface area contributed by atoms with Gasteiger partial charge < -0.3 is 9.80 Å². The fraction of sp³-hybridized carbons (Fsp3) is 0.261. The molecule has 1 atom stereocenters. The van der Waals surface area contributed by atoms with E-state index < -0.39 is 23.8 Å². The highest BCUT2D eigenvalue weighted by Crippen LogP contribution is 2.29. The molecule has 9 nitrogen and oxygen atoms in total. The lowest BCUT2D eigenvalue weighted by Crippen LogP contribution is -2.42.